The van der Waals surface area contributed by atoms with Gasteiger partial charge in [-0.25, -0.2) is 5.10 Å². The Morgan fingerprint density at radius 3 is 2.72 bits per heavy atom. The molecule has 3 heterocycles. The number of ether oxygens (including phenoxy) is 1. The van der Waals surface area contributed by atoms with E-state index in [4.69, 9.17) is 60.6 Å². The van der Waals surface area contributed by atoms with Gasteiger partial charge in [0.1, 0.15) is 18.1 Å². The lowest BCUT2D eigenvalue weighted by Gasteiger charge is -2.08. The minimum atomic E-state index is 0.123. The molecule has 0 saturated heterocycles. The second-order valence-corrected chi connectivity index (χ2v) is 7.31. The predicted molar refractivity (Wildman–Crippen MR) is 113 cm³/mol. The summed E-state index contributed by atoms with van der Waals surface area (Å²) in [7, 11) is 0. The summed E-state index contributed by atoms with van der Waals surface area (Å²) in [6, 6.07) is 10.1. The first-order chi connectivity index (χ1) is 14.0. The molecule has 3 aromatic heterocycles. The molecule has 1 N–H and O–H groups in total. The Balaban J connectivity index is 1.48. The van der Waals surface area contributed by atoms with Crippen LogP contribution in [0.2, 0.25) is 15.1 Å². The van der Waals surface area contributed by atoms with E-state index in [1.807, 2.05) is 0 Å². The van der Waals surface area contributed by atoms with Gasteiger partial charge in [0.15, 0.2) is 11.5 Å². The first kappa shape index (κ1) is 19.8. The minimum Gasteiger partial charge on any atom is -0.483 e. The van der Waals surface area contributed by atoms with Gasteiger partial charge in [0.2, 0.25) is 10.6 Å². The van der Waals surface area contributed by atoms with Gasteiger partial charge in [0.25, 0.3) is 0 Å². The highest BCUT2D eigenvalue weighted by molar-refractivity contribution is 7.71. The third-order valence-corrected chi connectivity index (χ3v) is 4.74. The van der Waals surface area contributed by atoms with E-state index in [0.717, 1.165) is 0 Å². The van der Waals surface area contributed by atoms with Crippen LogP contribution in [0.15, 0.2) is 56.6 Å². The molecule has 1 aromatic carbocycles. The van der Waals surface area contributed by atoms with Gasteiger partial charge in [-0.1, -0.05) is 34.8 Å². The van der Waals surface area contributed by atoms with E-state index in [1.165, 1.54) is 10.9 Å². The Morgan fingerprint density at radius 2 is 2.00 bits per heavy atom. The molecule has 0 bridgehead atoms. The van der Waals surface area contributed by atoms with E-state index in [9.17, 15) is 0 Å². The fourth-order valence-corrected chi connectivity index (χ4v) is 3.54. The zero-order valence-corrected chi connectivity index (χ0v) is 17.5. The van der Waals surface area contributed by atoms with Crippen LogP contribution < -0.4 is 4.74 Å². The van der Waals surface area contributed by atoms with Gasteiger partial charge >= 0.3 is 0 Å². The maximum Gasteiger partial charge on any atom is 0.219 e. The Kier molecular flexibility index (Phi) is 5.77. The van der Waals surface area contributed by atoms with Gasteiger partial charge in [-0.2, -0.15) is 9.78 Å². The molecular weight excluding hydrogens is 459 g/mol. The molecule has 0 saturated carbocycles. The lowest BCUT2D eigenvalue weighted by molar-refractivity contribution is 0.270. The van der Waals surface area contributed by atoms with Crippen LogP contribution in [0.3, 0.4) is 0 Å². The Bertz CT molecular complexity index is 1200. The second kappa shape index (κ2) is 8.46. The average molecular weight is 470 g/mol. The van der Waals surface area contributed by atoms with Crippen LogP contribution in [-0.2, 0) is 6.61 Å². The molecule has 0 fully saturated rings. The van der Waals surface area contributed by atoms with Gasteiger partial charge in [-0.15, -0.1) is 5.10 Å². The van der Waals surface area contributed by atoms with E-state index < -0.39 is 0 Å². The van der Waals surface area contributed by atoms with Gasteiger partial charge < -0.3 is 13.6 Å². The SMILES string of the molecule is S=c1[nH]nc(-c2ccco2)n1/N=C/c1ccc(COc2c(Cl)cc(Cl)cc2Cl)o1. The van der Waals surface area contributed by atoms with Crippen LogP contribution in [0.4, 0.5) is 0 Å². The lowest BCUT2D eigenvalue weighted by atomic mass is 10.3. The molecule has 0 aliphatic carbocycles. The van der Waals surface area contributed by atoms with Crippen LogP contribution in [0.25, 0.3) is 11.6 Å². The molecular formula is C18H11Cl3N4O3S. The van der Waals surface area contributed by atoms with Crippen LogP contribution in [0, 0.1) is 4.77 Å². The molecule has 0 atom stereocenters. The largest absolute Gasteiger partial charge is 0.483 e. The zero-order chi connectivity index (χ0) is 20.4. The van der Waals surface area contributed by atoms with E-state index in [-0.39, 0.29) is 6.61 Å². The highest BCUT2D eigenvalue weighted by Gasteiger charge is 2.12. The van der Waals surface area contributed by atoms with Crippen molar-refractivity contribution in [3.8, 4) is 17.3 Å². The molecule has 148 valence electrons. The first-order valence-corrected chi connectivity index (χ1v) is 9.67. The lowest BCUT2D eigenvalue weighted by Crippen LogP contribution is -1.95. The summed E-state index contributed by atoms with van der Waals surface area (Å²) in [5.74, 6) is 2.34. The fourth-order valence-electron chi connectivity index (χ4n) is 2.43. The first-order valence-electron chi connectivity index (χ1n) is 8.13. The van der Waals surface area contributed by atoms with Gasteiger partial charge in [0, 0.05) is 5.02 Å². The third-order valence-electron chi connectivity index (χ3n) is 3.70. The average Bonchev–Trinajstić information content (AvgIpc) is 3.40. The van der Waals surface area contributed by atoms with E-state index in [2.05, 4.69) is 15.3 Å². The molecule has 0 spiro atoms. The maximum atomic E-state index is 6.11. The normalized spacial score (nSPS) is 11.4. The fraction of sp³-hybridized carbons (Fsp3) is 0.0556. The van der Waals surface area contributed by atoms with E-state index in [0.29, 0.717) is 48.7 Å². The van der Waals surface area contributed by atoms with E-state index >= 15 is 0 Å². The summed E-state index contributed by atoms with van der Waals surface area (Å²) in [6.07, 6.45) is 3.04. The third kappa shape index (κ3) is 4.40. The molecule has 0 unspecified atom stereocenters. The number of hydrogen-bond acceptors (Lipinski definition) is 6. The van der Waals surface area contributed by atoms with Crippen molar-refractivity contribution in [3.05, 3.63) is 74.0 Å². The summed E-state index contributed by atoms with van der Waals surface area (Å²) in [5, 5.41) is 12.2. The highest BCUT2D eigenvalue weighted by Crippen LogP contribution is 2.36. The van der Waals surface area contributed by atoms with E-state index in [1.54, 1.807) is 42.7 Å². The number of halogens is 3. The zero-order valence-electron chi connectivity index (χ0n) is 14.4. The molecule has 0 aliphatic rings. The molecule has 7 nitrogen and oxygen atoms in total. The number of nitrogens with one attached hydrogen (secondary N) is 1. The van der Waals surface area contributed by atoms with Crippen molar-refractivity contribution in [2.75, 3.05) is 0 Å². The predicted octanol–water partition coefficient (Wildman–Crippen LogP) is 6.22. The smallest absolute Gasteiger partial charge is 0.219 e. The monoisotopic (exact) mass is 468 g/mol. The number of nitrogens with zero attached hydrogens (tertiary/aromatic N) is 3. The summed E-state index contributed by atoms with van der Waals surface area (Å²) >= 11 is 23.3. The minimum absolute atomic E-state index is 0.123. The number of aromatic nitrogens is 3. The Hall–Kier alpha value is -2.52. The molecule has 0 amide bonds. The van der Waals surface area contributed by atoms with Crippen molar-refractivity contribution in [1.29, 1.82) is 0 Å². The number of hydrogen-bond donors (Lipinski definition) is 1. The van der Waals surface area contributed by atoms with Crippen molar-refractivity contribution in [2.24, 2.45) is 5.10 Å². The summed E-state index contributed by atoms with van der Waals surface area (Å²) in [4.78, 5) is 0. The standard InChI is InChI=1S/C18H11Cl3N4O3S/c19-10-6-13(20)16(14(21)7-10)27-9-12-4-3-11(28-12)8-22-25-17(23-24-18(25)29)15-2-1-5-26-15/h1-8H,9H2,(H,24,29)/b22-8+. The summed E-state index contributed by atoms with van der Waals surface area (Å²) in [6.45, 7) is 0.123. The molecule has 0 radical (unpaired) electrons. The van der Waals surface area contributed by atoms with Crippen molar-refractivity contribution < 1.29 is 13.6 Å². The van der Waals surface area contributed by atoms with Crippen LogP contribution >= 0.6 is 47.0 Å². The molecule has 4 aromatic rings. The van der Waals surface area contributed by atoms with Crippen molar-refractivity contribution >= 4 is 53.2 Å². The Labute approximate surface area is 184 Å². The summed E-state index contributed by atoms with van der Waals surface area (Å²) < 4.78 is 18.4. The molecule has 4 rings (SSSR count). The quantitative estimate of drug-likeness (QED) is 0.268. The maximum absolute atomic E-state index is 6.11. The van der Waals surface area contributed by atoms with Crippen molar-refractivity contribution in [3.63, 3.8) is 0 Å². The number of rotatable bonds is 6. The number of H-pyrrole nitrogens is 1. The van der Waals surface area contributed by atoms with Crippen LogP contribution in [0.1, 0.15) is 11.5 Å². The van der Waals surface area contributed by atoms with Crippen molar-refractivity contribution in [1.82, 2.24) is 14.9 Å². The highest BCUT2D eigenvalue weighted by atomic mass is 35.5. The topological polar surface area (TPSA) is 81.5 Å². The number of furan rings is 2. The molecule has 11 heteroatoms. The number of aromatic amines is 1. The van der Waals surface area contributed by atoms with Gasteiger partial charge in [-0.05, 0) is 48.6 Å². The number of benzene rings is 1. The van der Waals surface area contributed by atoms with Crippen LogP contribution in [0.5, 0.6) is 5.75 Å². The van der Waals surface area contributed by atoms with Gasteiger partial charge in [-0.3, -0.25) is 0 Å². The van der Waals surface area contributed by atoms with Gasteiger partial charge in [0.05, 0.1) is 22.5 Å². The second-order valence-electron chi connectivity index (χ2n) is 5.68. The molecule has 0 aliphatic heterocycles. The van der Waals surface area contributed by atoms with Crippen molar-refractivity contribution in [2.45, 2.75) is 6.61 Å². The molecule has 29 heavy (non-hydrogen) atoms. The summed E-state index contributed by atoms with van der Waals surface area (Å²) in [5.41, 5.74) is 0. The van der Waals surface area contributed by atoms with Crippen LogP contribution in [-0.4, -0.2) is 21.1 Å². The Morgan fingerprint density at radius 1 is 1.21 bits per heavy atom.